The number of non-ortho nitro benzene ring substituents is 1. The third kappa shape index (κ3) is 2.85. The molecular weight excluding hydrogens is 372 g/mol. The quantitative estimate of drug-likeness (QED) is 0.597. The lowest BCUT2D eigenvalue weighted by atomic mass is 9.68. The van der Waals surface area contributed by atoms with Crippen molar-refractivity contribution in [1.82, 2.24) is 0 Å². The Bertz CT molecular complexity index is 1090. The molecule has 2 aromatic rings. The van der Waals surface area contributed by atoms with Gasteiger partial charge in [-0.15, -0.1) is 0 Å². The van der Waals surface area contributed by atoms with Crippen LogP contribution in [0.1, 0.15) is 43.7 Å². The van der Waals surface area contributed by atoms with Gasteiger partial charge in [-0.1, -0.05) is 26.0 Å². The van der Waals surface area contributed by atoms with Crippen molar-refractivity contribution < 1.29 is 19.2 Å². The number of nitro groups is 1. The Morgan fingerprint density at radius 3 is 2.48 bits per heavy atom. The number of hydrogen-bond donors (Lipinski definition) is 1. The minimum absolute atomic E-state index is 0.0268. The van der Waals surface area contributed by atoms with Gasteiger partial charge in [0.05, 0.1) is 4.92 Å². The largest absolute Gasteiger partial charge is 0.454 e. The van der Waals surface area contributed by atoms with Crippen molar-refractivity contribution in [3.63, 3.8) is 0 Å². The van der Waals surface area contributed by atoms with Crippen LogP contribution in [0.3, 0.4) is 0 Å². The zero-order valence-electron chi connectivity index (χ0n) is 16.2. The highest BCUT2D eigenvalue weighted by Crippen LogP contribution is 2.51. The van der Waals surface area contributed by atoms with Gasteiger partial charge in [0.1, 0.15) is 0 Å². The lowest BCUT2D eigenvalue weighted by Gasteiger charge is -2.39. The Labute approximate surface area is 167 Å². The van der Waals surface area contributed by atoms with Gasteiger partial charge in [-0.05, 0) is 29.0 Å². The maximum absolute atomic E-state index is 13.2. The average molecular weight is 392 g/mol. The van der Waals surface area contributed by atoms with Crippen LogP contribution in [0.2, 0.25) is 0 Å². The molecule has 3 aliphatic rings. The second kappa shape index (κ2) is 6.07. The Kier molecular flexibility index (Phi) is 3.71. The van der Waals surface area contributed by atoms with Crippen molar-refractivity contribution in [2.24, 2.45) is 5.41 Å². The predicted octanol–water partition coefficient (Wildman–Crippen LogP) is 4.52. The molecule has 148 valence electrons. The molecule has 2 heterocycles. The van der Waals surface area contributed by atoms with Crippen molar-refractivity contribution >= 4 is 17.2 Å². The van der Waals surface area contributed by atoms with E-state index in [-0.39, 0.29) is 29.6 Å². The molecule has 7 heteroatoms. The lowest BCUT2D eigenvalue weighted by molar-refractivity contribution is -0.384. The molecule has 1 aliphatic carbocycles. The minimum atomic E-state index is -0.419. The molecular formula is C22H20N2O5. The zero-order valence-corrected chi connectivity index (χ0v) is 16.2. The highest BCUT2D eigenvalue weighted by molar-refractivity contribution is 6.01. The van der Waals surface area contributed by atoms with Crippen molar-refractivity contribution in [3.8, 4) is 11.5 Å². The molecule has 2 aromatic carbocycles. The van der Waals surface area contributed by atoms with Crippen LogP contribution in [-0.2, 0) is 4.79 Å². The standard InChI is InChI=1S/C22H20N2O5/c1-22(2)9-16-21(17(25)10-22)20(12-3-5-13(6-4-12)24(26)27)14-7-18-19(29-11-28-18)8-15(14)23-16/h3-8,20,23H,9-11H2,1-2H3/t20-/m0/s1. The smallest absolute Gasteiger partial charge is 0.269 e. The molecule has 0 unspecified atom stereocenters. The summed E-state index contributed by atoms with van der Waals surface area (Å²) >= 11 is 0. The molecule has 0 spiro atoms. The highest BCUT2D eigenvalue weighted by atomic mass is 16.7. The molecule has 0 fully saturated rings. The number of Topliss-reactive ketones (excluding diaryl/α,β-unsaturated/α-hetero) is 1. The van der Waals surface area contributed by atoms with Crippen molar-refractivity contribution in [2.75, 3.05) is 12.1 Å². The topological polar surface area (TPSA) is 90.7 Å². The third-order valence-corrected chi connectivity index (χ3v) is 5.79. The van der Waals surface area contributed by atoms with Crippen LogP contribution in [0.4, 0.5) is 11.4 Å². The number of benzene rings is 2. The number of hydrogen-bond acceptors (Lipinski definition) is 6. The van der Waals surface area contributed by atoms with E-state index < -0.39 is 4.92 Å². The van der Waals surface area contributed by atoms with E-state index in [2.05, 4.69) is 19.2 Å². The summed E-state index contributed by atoms with van der Waals surface area (Å²) in [6, 6.07) is 10.3. The van der Waals surface area contributed by atoms with Crippen LogP contribution >= 0.6 is 0 Å². The van der Waals surface area contributed by atoms with E-state index in [1.807, 2.05) is 12.1 Å². The number of fused-ring (bicyclic) bond motifs is 2. The second-order valence-corrected chi connectivity index (χ2v) is 8.53. The van der Waals surface area contributed by atoms with Gasteiger partial charge in [-0.2, -0.15) is 0 Å². The van der Waals surface area contributed by atoms with Gasteiger partial charge in [0.2, 0.25) is 6.79 Å². The minimum Gasteiger partial charge on any atom is -0.454 e. The summed E-state index contributed by atoms with van der Waals surface area (Å²) in [5.41, 5.74) is 4.19. The van der Waals surface area contributed by atoms with Crippen molar-refractivity contribution in [2.45, 2.75) is 32.6 Å². The molecule has 29 heavy (non-hydrogen) atoms. The van der Waals surface area contributed by atoms with Gasteiger partial charge >= 0.3 is 0 Å². The predicted molar refractivity (Wildman–Crippen MR) is 106 cm³/mol. The number of carbonyl (C=O) groups excluding carboxylic acids is 1. The Balaban J connectivity index is 1.70. The van der Waals surface area contributed by atoms with Gasteiger partial charge in [0, 0.05) is 47.5 Å². The molecule has 0 saturated heterocycles. The van der Waals surface area contributed by atoms with Crippen LogP contribution in [0.5, 0.6) is 11.5 Å². The van der Waals surface area contributed by atoms with E-state index >= 15 is 0 Å². The molecule has 0 saturated carbocycles. The first-order chi connectivity index (χ1) is 13.8. The normalized spacial score (nSPS) is 21.3. The van der Waals surface area contributed by atoms with E-state index in [1.165, 1.54) is 12.1 Å². The van der Waals surface area contributed by atoms with E-state index in [1.54, 1.807) is 12.1 Å². The van der Waals surface area contributed by atoms with Gasteiger partial charge < -0.3 is 14.8 Å². The SMILES string of the molecule is CC1(C)CC(=O)C2=C(C1)Nc1cc3c(cc1[C@@H]2c1ccc([N+](=O)[O-])cc1)OCO3. The maximum Gasteiger partial charge on any atom is 0.269 e. The summed E-state index contributed by atoms with van der Waals surface area (Å²) in [5, 5.41) is 14.5. The van der Waals surface area contributed by atoms with E-state index in [4.69, 9.17) is 9.47 Å². The second-order valence-electron chi connectivity index (χ2n) is 8.53. The molecule has 1 N–H and O–H groups in total. The molecule has 5 rings (SSSR count). The summed E-state index contributed by atoms with van der Waals surface area (Å²) in [7, 11) is 0. The number of nitro benzene ring substituents is 1. The summed E-state index contributed by atoms with van der Waals surface area (Å²) in [6.07, 6.45) is 1.22. The van der Waals surface area contributed by atoms with Gasteiger partial charge in [-0.25, -0.2) is 0 Å². The van der Waals surface area contributed by atoms with Gasteiger partial charge in [0.15, 0.2) is 17.3 Å². The zero-order chi connectivity index (χ0) is 20.3. The first-order valence-corrected chi connectivity index (χ1v) is 9.53. The number of nitrogens with one attached hydrogen (secondary N) is 1. The number of ketones is 1. The van der Waals surface area contributed by atoms with Crippen molar-refractivity contribution in [3.05, 3.63) is 68.9 Å². The van der Waals surface area contributed by atoms with E-state index in [0.717, 1.165) is 34.5 Å². The fourth-order valence-corrected chi connectivity index (χ4v) is 4.54. The van der Waals surface area contributed by atoms with Gasteiger partial charge in [-0.3, -0.25) is 14.9 Å². The fourth-order valence-electron chi connectivity index (χ4n) is 4.54. The van der Waals surface area contributed by atoms with E-state index in [0.29, 0.717) is 17.9 Å². The number of carbonyl (C=O) groups is 1. The Hall–Kier alpha value is -3.35. The molecule has 7 nitrogen and oxygen atoms in total. The van der Waals surface area contributed by atoms with Gasteiger partial charge in [0.25, 0.3) is 5.69 Å². The number of ether oxygens (including phenoxy) is 2. The average Bonchev–Trinajstić information content (AvgIpc) is 3.11. The maximum atomic E-state index is 13.2. The molecule has 2 aliphatic heterocycles. The van der Waals surface area contributed by atoms with Crippen LogP contribution in [0, 0.1) is 15.5 Å². The summed E-state index contributed by atoms with van der Waals surface area (Å²) in [4.78, 5) is 23.8. The van der Waals surface area contributed by atoms with Crippen LogP contribution in [0.15, 0.2) is 47.7 Å². The molecule has 1 atom stereocenters. The molecule has 0 bridgehead atoms. The number of nitrogens with zero attached hydrogens (tertiary/aromatic N) is 1. The fraction of sp³-hybridized carbons (Fsp3) is 0.318. The third-order valence-electron chi connectivity index (χ3n) is 5.79. The lowest BCUT2D eigenvalue weighted by Crippen LogP contribution is -2.33. The monoisotopic (exact) mass is 392 g/mol. The summed E-state index contributed by atoms with van der Waals surface area (Å²) < 4.78 is 11.1. The molecule has 0 aromatic heterocycles. The van der Waals surface area contributed by atoms with Crippen molar-refractivity contribution in [1.29, 1.82) is 0 Å². The first-order valence-electron chi connectivity index (χ1n) is 9.53. The van der Waals surface area contributed by atoms with Crippen LogP contribution in [-0.4, -0.2) is 17.5 Å². The molecule has 0 amide bonds. The number of allylic oxidation sites excluding steroid dienone is 2. The summed E-state index contributed by atoms with van der Waals surface area (Å²) in [5.74, 6) is 1.12. The van der Waals surface area contributed by atoms with Crippen LogP contribution in [0.25, 0.3) is 0 Å². The van der Waals surface area contributed by atoms with Crippen LogP contribution < -0.4 is 14.8 Å². The van der Waals surface area contributed by atoms with E-state index in [9.17, 15) is 14.9 Å². The Morgan fingerprint density at radius 2 is 1.79 bits per heavy atom. The highest BCUT2D eigenvalue weighted by Gasteiger charge is 2.41. The number of rotatable bonds is 2. The summed E-state index contributed by atoms with van der Waals surface area (Å²) in [6.45, 7) is 4.35. The number of anilines is 1. The molecule has 0 radical (unpaired) electrons. The Morgan fingerprint density at radius 1 is 1.10 bits per heavy atom. The first kappa shape index (κ1) is 17.7.